The number of guanidine groups is 1. The second-order valence-electron chi connectivity index (χ2n) is 6.88. The van der Waals surface area contributed by atoms with Gasteiger partial charge in [0.25, 0.3) is 0 Å². The summed E-state index contributed by atoms with van der Waals surface area (Å²) in [7, 11) is 5.71. The molecule has 0 bridgehead atoms. The first-order valence-corrected chi connectivity index (χ1v) is 9.59. The van der Waals surface area contributed by atoms with Crippen LogP contribution in [-0.4, -0.2) is 64.9 Å². The fourth-order valence-corrected chi connectivity index (χ4v) is 3.12. The summed E-state index contributed by atoms with van der Waals surface area (Å²) < 4.78 is 10.8. The van der Waals surface area contributed by atoms with E-state index in [1.807, 2.05) is 24.3 Å². The molecule has 1 aromatic carbocycles. The zero-order valence-corrected chi connectivity index (χ0v) is 16.5. The molecule has 1 aromatic rings. The van der Waals surface area contributed by atoms with Gasteiger partial charge >= 0.3 is 0 Å². The van der Waals surface area contributed by atoms with Crippen LogP contribution in [0.25, 0.3) is 0 Å². The van der Waals surface area contributed by atoms with E-state index in [9.17, 15) is 0 Å². The highest BCUT2D eigenvalue weighted by Gasteiger charge is 2.16. The largest absolute Gasteiger partial charge is 0.493 e. The minimum Gasteiger partial charge on any atom is -0.493 e. The van der Waals surface area contributed by atoms with E-state index in [-0.39, 0.29) is 0 Å². The molecule has 6 heteroatoms. The summed E-state index contributed by atoms with van der Waals surface area (Å²) in [6.45, 7) is 4.75. The Morgan fingerprint density at radius 3 is 2.81 bits per heavy atom. The fourth-order valence-electron chi connectivity index (χ4n) is 3.12. The van der Waals surface area contributed by atoms with E-state index in [1.165, 1.54) is 32.4 Å². The summed E-state index contributed by atoms with van der Waals surface area (Å²) in [4.78, 5) is 6.73. The highest BCUT2D eigenvalue weighted by atomic mass is 16.5. The van der Waals surface area contributed by atoms with Gasteiger partial charge in [0.15, 0.2) is 5.96 Å². The van der Waals surface area contributed by atoms with E-state index in [0.717, 1.165) is 36.3 Å². The van der Waals surface area contributed by atoms with E-state index >= 15 is 0 Å². The topological polar surface area (TPSA) is 58.1 Å². The van der Waals surface area contributed by atoms with Gasteiger partial charge in [0.05, 0.1) is 6.61 Å². The van der Waals surface area contributed by atoms with Crippen molar-refractivity contribution < 1.29 is 9.47 Å². The molecule has 6 nitrogen and oxygen atoms in total. The Bertz CT molecular complexity index is 542. The van der Waals surface area contributed by atoms with Crippen LogP contribution in [-0.2, 0) is 4.74 Å². The molecule has 0 spiro atoms. The van der Waals surface area contributed by atoms with Gasteiger partial charge in [-0.3, -0.25) is 4.99 Å². The first-order chi connectivity index (χ1) is 12.7. The maximum atomic E-state index is 5.75. The van der Waals surface area contributed by atoms with Crippen LogP contribution < -0.4 is 15.4 Å². The number of hydrogen-bond donors (Lipinski definition) is 2. The van der Waals surface area contributed by atoms with E-state index in [2.05, 4.69) is 27.6 Å². The Morgan fingerprint density at radius 1 is 1.27 bits per heavy atom. The molecule has 0 saturated carbocycles. The van der Waals surface area contributed by atoms with Crippen molar-refractivity contribution in [3.63, 3.8) is 0 Å². The number of piperidine rings is 1. The van der Waals surface area contributed by atoms with Crippen molar-refractivity contribution in [1.82, 2.24) is 10.2 Å². The zero-order chi connectivity index (χ0) is 18.6. The lowest BCUT2D eigenvalue weighted by molar-refractivity contribution is 0.172. The number of benzene rings is 1. The van der Waals surface area contributed by atoms with Crippen LogP contribution in [0.15, 0.2) is 29.3 Å². The molecule has 1 heterocycles. The highest BCUT2D eigenvalue weighted by molar-refractivity contribution is 5.93. The molecule has 0 amide bonds. The van der Waals surface area contributed by atoms with Crippen LogP contribution >= 0.6 is 0 Å². The monoisotopic (exact) mass is 362 g/mol. The molecule has 26 heavy (non-hydrogen) atoms. The van der Waals surface area contributed by atoms with Gasteiger partial charge < -0.3 is 25.0 Å². The third-order valence-electron chi connectivity index (χ3n) is 4.77. The number of hydrogen-bond acceptors (Lipinski definition) is 4. The quantitative estimate of drug-likeness (QED) is 0.402. The molecule has 0 aromatic heterocycles. The number of rotatable bonds is 9. The maximum absolute atomic E-state index is 5.75. The molecule has 1 fully saturated rings. The first kappa shape index (κ1) is 20.5. The third-order valence-corrected chi connectivity index (χ3v) is 4.77. The number of likely N-dealkylation sites (tertiary alicyclic amines) is 1. The highest BCUT2D eigenvalue weighted by Crippen LogP contribution is 2.19. The predicted octanol–water partition coefficient (Wildman–Crippen LogP) is 2.82. The number of methoxy groups -OCH3 is 1. The van der Waals surface area contributed by atoms with Crippen LogP contribution in [0.4, 0.5) is 5.69 Å². The molecular weight excluding hydrogens is 328 g/mol. The number of nitrogens with one attached hydrogen (secondary N) is 2. The molecular formula is C20H34N4O2. The van der Waals surface area contributed by atoms with Crippen molar-refractivity contribution >= 4 is 11.6 Å². The molecule has 2 rings (SSSR count). The molecule has 2 N–H and O–H groups in total. The Labute approximate surface area is 158 Å². The number of nitrogens with zero attached hydrogens (tertiary/aromatic N) is 2. The van der Waals surface area contributed by atoms with Gasteiger partial charge in [-0.1, -0.05) is 6.07 Å². The van der Waals surface area contributed by atoms with Crippen molar-refractivity contribution in [2.75, 3.05) is 59.4 Å². The summed E-state index contributed by atoms with van der Waals surface area (Å²) >= 11 is 0. The van der Waals surface area contributed by atoms with Gasteiger partial charge in [-0.25, -0.2) is 0 Å². The first-order valence-electron chi connectivity index (χ1n) is 9.59. The van der Waals surface area contributed by atoms with E-state index in [0.29, 0.717) is 13.2 Å². The van der Waals surface area contributed by atoms with Crippen LogP contribution in [0.3, 0.4) is 0 Å². The van der Waals surface area contributed by atoms with Crippen LogP contribution in [0, 0.1) is 5.92 Å². The molecule has 146 valence electrons. The van der Waals surface area contributed by atoms with Crippen molar-refractivity contribution in [2.45, 2.75) is 25.7 Å². The smallest absolute Gasteiger partial charge is 0.195 e. The average Bonchev–Trinajstić information content (AvgIpc) is 2.66. The molecule has 1 saturated heterocycles. The summed E-state index contributed by atoms with van der Waals surface area (Å²) in [5.74, 6) is 2.47. The van der Waals surface area contributed by atoms with Crippen molar-refractivity contribution in [2.24, 2.45) is 10.9 Å². The molecule has 1 aliphatic rings. The van der Waals surface area contributed by atoms with Crippen molar-refractivity contribution in [1.29, 1.82) is 0 Å². The summed E-state index contributed by atoms with van der Waals surface area (Å²) in [5, 5.41) is 6.77. The lowest BCUT2D eigenvalue weighted by Crippen LogP contribution is -2.35. The van der Waals surface area contributed by atoms with Gasteiger partial charge in [0.1, 0.15) is 5.75 Å². The summed E-state index contributed by atoms with van der Waals surface area (Å²) in [6.07, 6.45) is 4.67. The number of anilines is 1. The summed E-state index contributed by atoms with van der Waals surface area (Å²) in [6, 6.07) is 7.97. The SMILES string of the molecule is CN=C(NCCC1CCN(C)CC1)Nc1cccc(OCCCOC)c1. The number of ether oxygens (including phenoxy) is 2. The van der Waals surface area contributed by atoms with Gasteiger partial charge in [0.2, 0.25) is 0 Å². The molecule has 0 aliphatic carbocycles. The summed E-state index contributed by atoms with van der Waals surface area (Å²) in [5.41, 5.74) is 0.974. The second kappa shape index (κ2) is 11.8. The maximum Gasteiger partial charge on any atom is 0.195 e. The Kier molecular flexibility index (Phi) is 9.28. The lowest BCUT2D eigenvalue weighted by Gasteiger charge is -2.29. The molecule has 0 radical (unpaired) electrons. The normalized spacial score (nSPS) is 16.5. The Hall–Kier alpha value is -1.79. The van der Waals surface area contributed by atoms with Crippen molar-refractivity contribution in [3.8, 4) is 5.75 Å². The fraction of sp³-hybridized carbons (Fsp3) is 0.650. The van der Waals surface area contributed by atoms with Crippen LogP contribution in [0.5, 0.6) is 5.75 Å². The molecule has 0 unspecified atom stereocenters. The van der Waals surface area contributed by atoms with Gasteiger partial charge in [-0.05, 0) is 57.5 Å². The Balaban J connectivity index is 1.73. The van der Waals surface area contributed by atoms with Gasteiger partial charge in [0, 0.05) is 45.5 Å². The average molecular weight is 363 g/mol. The predicted molar refractivity (Wildman–Crippen MR) is 108 cm³/mol. The molecule has 1 aliphatic heterocycles. The van der Waals surface area contributed by atoms with Crippen LogP contribution in [0.2, 0.25) is 0 Å². The third kappa shape index (κ3) is 7.62. The molecule has 0 atom stereocenters. The zero-order valence-electron chi connectivity index (χ0n) is 16.5. The number of aliphatic imine (C=N–C) groups is 1. The van der Waals surface area contributed by atoms with Gasteiger partial charge in [-0.15, -0.1) is 0 Å². The van der Waals surface area contributed by atoms with E-state index in [4.69, 9.17) is 9.47 Å². The Morgan fingerprint density at radius 2 is 2.08 bits per heavy atom. The lowest BCUT2D eigenvalue weighted by atomic mass is 9.94. The standard InChI is InChI=1S/C20H34N4O2/c1-21-20(22-11-8-17-9-12-24(2)13-10-17)23-18-6-4-7-19(16-18)26-15-5-14-25-3/h4,6-7,16-17H,5,8-15H2,1-3H3,(H2,21,22,23). The van der Waals surface area contributed by atoms with Crippen LogP contribution in [0.1, 0.15) is 25.7 Å². The second-order valence-corrected chi connectivity index (χ2v) is 6.88. The van der Waals surface area contributed by atoms with Crippen molar-refractivity contribution in [3.05, 3.63) is 24.3 Å². The van der Waals surface area contributed by atoms with E-state index < -0.39 is 0 Å². The minimum absolute atomic E-state index is 0.654. The van der Waals surface area contributed by atoms with E-state index in [1.54, 1.807) is 14.2 Å². The minimum atomic E-state index is 0.654. The van der Waals surface area contributed by atoms with Gasteiger partial charge in [-0.2, -0.15) is 0 Å².